The van der Waals surface area contributed by atoms with Gasteiger partial charge in [0, 0.05) is 41.7 Å². The highest BCUT2D eigenvalue weighted by Gasteiger charge is 2.33. The van der Waals surface area contributed by atoms with Crippen molar-refractivity contribution < 1.29 is 19.0 Å². The highest BCUT2D eigenvalue weighted by Crippen LogP contribution is 2.39. The molecule has 0 spiro atoms. The average Bonchev–Trinajstić information content (AvgIpc) is 2.95. The highest BCUT2D eigenvalue weighted by molar-refractivity contribution is 6.06. The van der Waals surface area contributed by atoms with Gasteiger partial charge < -0.3 is 24.4 Å². The lowest BCUT2D eigenvalue weighted by Crippen LogP contribution is -2.51. The predicted octanol–water partition coefficient (Wildman–Crippen LogP) is 4.01. The zero-order valence-corrected chi connectivity index (χ0v) is 21.8. The number of hydrogen-bond donors (Lipinski definition) is 1. The second-order valence-electron chi connectivity index (χ2n) is 9.86. The molecule has 2 aliphatic rings. The number of piperidine rings is 2. The van der Waals surface area contributed by atoms with Crippen LogP contribution < -0.4 is 25.1 Å². The molecular weight excluding hydrogens is 470 g/mol. The van der Waals surface area contributed by atoms with Crippen LogP contribution in [0.5, 0.6) is 17.2 Å². The lowest BCUT2D eigenvalue weighted by atomic mass is 9.83. The van der Waals surface area contributed by atoms with Gasteiger partial charge in [-0.2, -0.15) is 0 Å². The molecule has 5 rings (SSSR count). The summed E-state index contributed by atoms with van der Waals surface area (Å²) >= 11 is 0. The van der Waals surface area contributed by atoms with Gasteiger partial charge in [-0.15, -0.1) is 0 Å². The Kier molecular flexibility index (Phi) is 7.37. The van der Waals surface area contributed by atoms with Crippen molar-refractivity contribution in [3.05, 3.63) is 58.5 Å². The largest absolute Gasteiger partial charge is 0.493 e. The van der Waals surface area contributed by atoms with E-state index in [0.29, 0.717) is 57.8 Å². The van der Waals surface area contributed by atoms with Crippen molar-refractivity contribution in [2.75, 3.05) is 41.0 Å². The maximum atomic E-state index is 13.6. The van der Waals surface area contributed by atoms with Gasteiger partial charge in [-0.05, 0) is 50.8 Å². The second kappa shape index (κ2) is 10.8. The van der Waals surface area contributed by atoms with E-state index in [-0.39, 0.29) is 11.5 Å². The Bertz CT molecular complexity index is 1320. The third-order valence-electron chi connectivity index (χ3n) is 7.85. The van der Waals surface area contributed by atoms with E-state index in [1.807, 2.05) is 18.2 Å². The zero-order valence-electron chi connectivity index (χ0n) is 21.8. The third-order valence-corrected chi connectivity index (χ3v) is 7.85. The van der Waals surface area contributed by atoms with Gasteiger partial charge in [-0.1, -0.05) is 24.6 Å². The maximum absolute atomic E-state index is 13.6. The molecule has 2 atom stereocenters. The number of benzene rings is 2. The van der Waals surface area contributed by atoms with E-state index in [1.165, 1.54) is 64.7 Å². The molecule has 2 aliphatic heterocycles. The lowest BCUT2D eigenvalue weighted by molar-refractivity contribution is 0.0576. The Balaban J connectivity index is 1.51. The number of methoxy groups -OCH3 is 3. The summed E-state index contributed by atoms with van der Waals surface area (Å²) in [6, 6.07) is 11.2. The summed E-state index contributed by atoms with van der Waals surface area (Å²) in [5.41, 5.74) is 0.747. The molecular formula is C29H35N3O5. The minimum absolute atomic E-state index is 0.176. The first kappa shape index (κ1) is 25.1. The summed E-state index contributed by atoms with van der Waals surface area (Å²) in [4.78, 5) is 29.7. The predicted molar refractivity (Wildman–Crippen MR) is 143 cm³/mol. The minimum Gasteiger partial charge on any atom is -0.493 e. The Labute approximate surface area is 217 Å². The average molecular weight is 506 g/mol. The SMILES string of the molecule is COc1cc(-n2cc(C(=O)NCC3CCCN4CCCCC34)c3ccccc3c2=O)cc(OC)c1OC. The molecule has 0 bridgehead atoms. The zero-order chi connectivity index (χ0) is 25.9. The van der Waals surface area contributed by atoms with Gasteiger partial charge in [0.15, 0.2) is 11.5 Å². The molecule has 1 amide bonds. The van der Waals surface area contributed by atoms with E-state index in [2.05, 4.69) is 10.2 Å². The van der Waals surface area contributed by atoms with Crippen LogP contribution in [0.25, 0.3) is 16.5 Å². The number of nitrogens with one attached hydrogen (secondary N) is 1. The summed E-state index contributed by atoms with van der Waals surface area (Å²) in [5.74, 6) is 1.56. The van der Waals surface area contributed by atoms with E-state index < -0.39 is 0 Å². The number of aromatic nitrogens is 1. The molecule has 2 fully saturated rings. The molecule has 2 unspecified atom stereocenters. The van der Waals surface area contributed by atoms with Crippen molar-refractivity contribution in [3.63, 3.8) is 0 Å². The Morgan fingerprint density at radius 1 is 0.946 bits per heavy atom. The Hall–Kier alpha value is -3.52. The van der Waals surface area contributed by atoms with Gasteiger partial charge in [0.05, 0.1) is 32.6 Å². The molecule has 0 radical (unpaired) electrons. The van der Waals surface area contributed by atoms with Crippen LogP contribution in [0.4, 0.5) is 0 Å². The van der Waals surface area contributed by atoms with E-state index in [0.717, 1.165) is 6.42 Å². The van der Waals surface area contributed by atoms with Gasteiger partial charge in [0.1, 0.15) is 0 Å². The van der Waals surface area contributed by atoms with Crippen molar-refractivity contribution >= 4 is 16.7 Å². The fourth-order valence-electron chi connectivity index (χ4n) is 6.00. The molecule has 2 aromatic carbocycles. The normalized spacial score (nSPS) is 19.8. The first-order valence-electron chi connectivity index (χ1n) is 13.0. The van der Waals surface area contributed by atoms with Crippen molar-refractivity contribution in [1.82, 2.24) is 14.8 Å². The topological polar surface area (TPSA) is 82.0 Å². The van der Waals surface area contributed by atoms with E-state index in [9.17, 15) is 9.59 Å². The number of pyridine rings is 1. The smallest absolute Gasteiger partial charge is 0.263 e. The molecule has 3 heterocycles. The first-order chi connectivity index (χ1) is 18.0. The van der Waals surface area contributed by atoms with Crippen LogP contribution in [0.2, 0.25) is 0 Å². The molecule has 2 saturated heterocycles. The van der Waals surface area contributed by atoms with Crippen molar-refractivity contribution in [2.24, 2.45) is 5.92 Å². The van der Waals surface area contributed by atoms with Gasteiger partial charge >= 0.3 is 0 Å². The van der Waals surface area contributed by atoms with Gasteiger partial charge in [-0.25, -0.2) is 0 Å². The summed E-state index contributed by atoms with van der Waals surface area (Å²) in [7, 11) is 4.59. The Morgan fingerprint density at radius 2 is 1.65 bits per heavy atom. The van der Waals surface area contributed by atoms with Crippen LogP contribution >= 0.6 is 0 Å². The molecule has 0 aliphatic carbocycles. The van der Waals surface area contributed by atoms with Crippen LogP contribution in [0.3, 0.4) is 0 Å². The number of nitrogens with zero attached hydrogens (tertiary/aromatic N) is 2. The molecule has 3 aromatic rings. The molecule has 37 heavy (non-hydrogen) atoms. The molecule has 8 heteroatoms. The number of amides is 1. The van der Waals surface area contributed by atoms with Crippen LogP contribution in [0.1, 0.15) is 42.5 Å². The third kappa shape index (κ3) is 4.78. The number of rotatable bonds is 7. The number of carbonyl (C=O) groups excluding carboxylic acids is 1. The summed E-state index contributed by atoms with van der Waals surface area (Å²) in [5, 5.41) is 4.31. The number of fused-ring (bicyclic) bond motifs is 2. The first-order valence-corrected chi connectivity index (χ1v) is 13.0. The fourth-order valence-corrected chi connectivity index (χ4v) is 6.00. The van der Waals surface area contributed by atoms with Gasteiger partial charge in [0.2, 0.25) is 5.75 Å². The number of ether oxygens (including phenoxy) is 3. The molecule has 8 nitrogen and oxygen atoms in total. The lowest BCUT2D eigenvalue weighted by Gasteiger charge is -2.44. The maximum Gasteiger partial charge on any atom is 0.263 e. The number of carbonyl (C=O) groups is 1. The van der Waals surface area contributed by atoms with Gasteiger partial charge in [-0.3, -0.25) is 14.2 Å². The summed E-state index contributed by atoms with van der Waals surface area (Å²) in [6.45, 7) is 2.97. The highest BCUT2D eigenvalue weighted by atomic mass is 16.5. The summed E-state index contributed by atoms with van der Waals surface area (Å²) in [6.07, 6.45) is 7.66. The second-order valence-corrected chi connectivity index (χ2v) is 9.86. The van der Waals surface area contributed by atoms with Crippen molar-refractivity contribution in [1.29, 1.82) is 0 Å². The van der Waals surface area contributed by atoms with Crippen LogP contribution in [0.15, 0.2) is 47.4 Å². The van der Waals surface area contributed by atoms with Crippen LogP contribution in [0, 0.1) is 5.92 Å². The quantitative estimate of drug-likeness (QED) is 0.523. The number of hydrogen-bond acceptors (Lipinski definition) is 6. The Morgan fingerprint density at radius 3 is 2.35 bits per heavy atom. The molecule has 0 saturated carbocycles. The fraction of sp³-hybridized carbons (Fsp3) is 0.448. The van der Waals surface area contributed by atoms with E-state index in [1.54, 1.807) is 24.4 Å². The van der Waals surface area contributed by atoms with Crippen molar-refractivity contribution in [3.8, 4) is 22.9 Å². The van der Waals surface area contributed by atoms with Gasteiger partial charge in [0.25, 0.3) is 11.5 Å². The van der Waals surface area contributed by atoms with Crippen molar-refractivity contribution in [2.45, 2.75) is 38.1 Å². The summed E-state index contributed by atoms with van der Waals surface area (Å²) < 4.78 is 17.9. The monoisotopic (exact) mass is 505 g/mol. The van der Waals surface area contributed by atoms with E-state index in [4.69, 9.17) is 14.2 Å². The van der Waals surface area contributed by atoms with Crippen LogP contribution in [-0.2, 0) is 0 Å². The molecule has 1 aromatic heterocycles. The van der Waals surface area contributed by atoms with E-state index >= 15 is 0 Å². The standard InChI is InChI=1S/C29H35N3O5/c1-35-25-15-20(16-26(36-2)27(25)37-3)32-18-23(21-10-4-5-11-22(21)29(32)34)28(33)30-17-19-9-8-14-31-13-7-6-12-24(19)31/h4-5,10-11,15-16,18-19,24H,6-9,12-14,17H2,1-3H3,(H,30,33). The van der Waals surface area contributed by atoms with Crippen LogP contribution in [-0.4, -0.2) is 62.4 Å². The minimum atomic E-state index is -0.230. The molecule has 196 valence electrons. The molecule has 1 N–H and O–H groups in total.